The van der Waals surface area contributed by atoms with Gasteiger partial charge in [0.15, 0.2) is 5.65 Å². The molecule has 1 aromatic carbocycles. The Hall–Kier alpha value is -3.46. The van der Waals surface area contributed by atoms with Gasteiger partial charge in [-0.15, -0.1) is 0 Å². The molecule has 168 valence electrons. The van der Waals surface area contributed by atoms with Gasteiger partial charge in [0.25, 0.3) is 11.1 Å². The molecule has 0 saturated carbocycles. The maximum absolute atomic E-state index is 13.5. The first-order chi connectivity index (χ1) is 16.0. The van der Waals surface area contributed by atoms with Crippen LogP contribution in [-0.2, 0) is 4.79 Å². The van der Waals surface area contributed by atoms with Crippen LogP contribution in [0.4, 0.5) is 0 Å². The Bertz CT molecular complexity index is 1330. The highest BCUT2D eigenvalue weighted by molar-refractivity contribution is 7.20. The summed E-state index contributed by atoms with van der Waals surface area (Å²) in [5.41, 5.74) is 1.81. The van der Waals surface area contributed by atoms with Crippen molar-refractivity contribution in [1.29, 1.82) is 0 Å². The van der Waals surface area contributed by atoms with E-state index in [0.717, 1.165) is 35.8 Å². The fraction of sp³-hybridized carbons (Fsp3) is 0.333. The van der Waals surface area contributed by atoms with E-state index in [1.165, 1.54) is 17.6 Å². The van der Waals surface area contributed by atoms with Crippen molar-refractivity contribution >= 4 is 44.5 Å². The van der Waals surface area contributed by atoms with Crippen molar-refractivity contribution in [3.63, 3.8) is 0 Å². The number of piperidine rings is 1. The van der Waals surface area contributed by atoms with E-state index in [1.807, 2.05) is 29.2 Å². The molecule has 5 heterocycles. The quantitative estimate of drug-likeness (QED) is 0.480. The number of hydrogen-bond donors (Lipinski definition) is 1. The van der Waals surface area contributed by atoms with Crippen LogP contribution in [-0.4, -0.2) is 44.8 Å². The SMILES string of the molecule is CC(=O)NC1C[C@H]2CC[C@@H](C1)N2C(=O)c1coc2cc(Oc3nc4ncccc4s3)ccc12. The van der Waals surface area contributed by atoms with E-state index in [-0.39, 0.29) is 29.9 Å². The predicted molar refractivity (Wildman–Crippen MR) is 124 cm³/mol. The third-order valence-corrected chi connectivity index (χ3v) is 7.39. The second-order valence-electron chi connectivity index (χ2n) is 8.68. The Morgan fingerprint density at radius 3 is 2.79 bits per heavy atom. The molecule has 2 aliphatic heterocycles. The number of amides is 2. The van der Waals surface area contributed by atoms with Crippen LogP contribution in [0.5, 0.6) is 10.9 Å². The van der Waals surface area contributed by atoms with Crippen LogP contribution in [0.2, 0.25) is 0 Å². The van der Waals surface area contributed by atoms with Crippen molar-refractivity contribution < 1.29 is 18.7 Å². The minimum atomic E-state index is -0.0138. The molecule has 9 heteroatoms. The minimum absolute atomic E-state index is 0.00607. The monoisotopic (exact) mass is 462 g/mol. The van der Waals surface area contributed by atoms with E-state index in [0.29, 0.717) is 27.7 Å². The fourth-order valence-electron chi connectivity index (χ4n) is 5.18. The van der Waals surface area contributed by atoms with Gasteiger partial charge < -0.3 is 19.4 Å². The van der Waals surface area contributed by atoms with Gasteiger partial charge in [-0.05, 0) is 49.9 Å². The second kappa shape index (κ2) is 7.84. The smallest absolute Gasteiger partial charge is 0.281 e. The molecule has 3 atom stereocenters. The molecule has 8 nitrogen and oxygen atoms in total. The molecule has 3 aromatic heterocycles. The number of fused-ring (bicyclic) bond motifs is 4. The number of carbonyl (C=O) groups is 2. The number of carbonyl (C=O) groups excluding carboxylic acids is 2. The third kappa shape index (κ3) is 3.62. The number of ether oxygens (including phenoxy) is 1. The number of hydrogen-bond acceptors (Lipinski definition) is 7. The van der Waals surface area contributed by atoms with Gasteiger partial charge in [-0.2, -0.15) is 4.98 Å². The van der Waals surface area contributed by atoms with Gasteiger partial charge in [0.1, 0.15) is 17.6 Å². The van der Waals surface area contributed by atoms with Crippen molar-refractivity contribution in [2.45, 2.75) is 50.7 Å². The number of benzene rings is 1. The topological polar surface area (TPSA) is 97.6 Å². The highest BCUT2D eigenvalue weighted by atomic mass is 32.1. The van der Waals surface area contributed by atoms with E-state index in [9.17, 15) is 9.59 Å². The van der Waals surface area contributed by atoms with Crippen LogP contribution in [0.25, 0.3) is 21.3 Å². The van der Waals surface area contributed by atoms with Gasteiger partial charge in [0, 0.05) is 42.7 Å². The molecule has 1 unspecified atom stereocenters. The van der Waals surface area contributed by atoms with E-state index >= 15 is 0 Å². The first kappa shape index (κ1) is 20.2. The Morgan fingerprint density at radius 2 is 2.03 bits per heavy atom. The van der Waals surface area contributed by atoms with Gasteiger partial charge in [-0.25, -0.2) is 4.98 Å². The molecule has 6 rings (SSSR count). The molecule has 0 radical (unpaired) electrons. The molecule has 2 amide bonds. The summed E-state index contributed by atoms with van der Waals surface area (Å²) in [6.45, 7) is 1.54. The van der Waals surface area contributed by atoms with Gasteiger partial charge >= 0.3 is 0 Å². The molecule has 1 N–H and O–H groups in total. The zero-order valence-electron chi connectivity index (χ0n) is 18.0. The van der Waals surface area contributed by atoms with Crippen LogP contribution in [0.15, 0.2) is 47.2 Å². The summed E-state index contributed by atoms with van der Waals surface area (Å²) in [6.07, 6.45) is 6.78. The summed E-state index contributed by atoms with van der Waals surface area (Å²) in [5.74, 6) is 0.569. The van der Waals surface area contributed by atoms with Crippen molar-refractivity contribution in [2.75, 3.05) is 0 Å². The van der Waals surface area contributed by atoms with Crippen LogP contribution < -0.4 is 10.1 Å². The average Bonchev–Trinajstić information content (AvgIpc) is 3.46. The first-order valence-corrected chi connectivity index (χ1v) is 11.9. The van der Waals surface area contributed by atoms with Crippen LogP contribution in [0.3, 0.4) is 0 Å². The van der Waals surface area contributed by atoms with E-state index in [2.05, 4.69) is 15.3 Å². The van der Waals surface area contributed by atoms with Gasteiger partial charge in [-0.3, -0.25) is 9.59 Å². The lowest BCUT2D eigenvalue weighted by molar-refractivity contribution is -0.120. The van der Waals surface area contributed by atoms with Gasteiger partial charge in [-0.1, -0.05) is 11.3 Å². The summed E-state index contributed by atoms with van der Waals surface area (Å²) < 4.78 is 12.6. The van der Waals surface area contributed by atoms with Crippen LogP contribution in [0.1, 0.15) is 43.0 Å². The molecule has 2 aliphatic rings. The Kier molecular flexibility index (Phi) is 4.79. The summed E-state index contributed by atoms with van der Waals surface area (Å²) in [6, 6.07) is 9.72. The highest BCUT2D eigenvalue weighted by Gasteiger charge is 2.44. The van der Waals surface area contributed by atoms with Crippen molar-refractivity contribution in [1.82, 2.24) is 20.2 Å². The fourth-order valence-corrected chi connectivity index (χ4v) is 5.98. The van der Waals surface area contributed by atoms with E-state index in [1.54, 1.807) is 19.2 Å². The number of pyridine rings is 1. The Labute approximate surface area is 193 Å². The number of thiazole rings is 1. The predicted octanol–water partition coefficient (Wildman–Crippen LogP) is 4.50. The molecule has 2 saturated heterocycles. The normalized spacial score (nSPS) is 22.1. The number of nitrogens with zero attached hydrogens (tertiary/aromatic N) is 3. The maximum Gasteiger partial charge on any atom is 0.281 e. The summed E-state index contributed by atoms with van der Waals surface area (Å²) in [4.78, 5) is 35.6. The maximum atomic E-state index is 13.5. The minimum Gasteiger partial charge on any atom is -0.463 e. The first-order valence-electron chi connectivity index (χ1n) is 11.1. The Balaban J connectivity index is 1.23. The molecule has 2 bridgehead atoms. The number of nitrogens with one attached hydrogen (secondary N) is 1. The molecule has 0 aliphatic carbocycles. The summed E-state index contributed by atoms with van der Waals surface area (Å²) >= 11 is 1.42. The van der Waals surface area contributed by atoms with E-state index < -0.39 is 0 Å². The number of rotatable bonds is 4. The molecule has 33 heavy (non-hydrogen) atoms. The van der Waals surface area contributed by atoms with Gasteiger partial charge in [0.2, 0.25) is 5.91 Å². The van der Waals surface area contributed by atoms with Gasteiger partial charge in [0.05, 0.1) is 10.3 Å². The largest absolute Gasteiger partial charge is 0.463 e. The lowest BCUT2D eigenvalue weighted by Gasteiger charge is -2.39. The van der Waals surface area contributed by atoms with Crippen molar-refractivity contribution in [2.24, 2.45) is 0 Å². The number of furan rings is 1. The standard InChI is InChI=1S/C24H22N4O4S/c1-13(29)26-14-9-15-4-5-16(10-14)28(15)23(30)19-12-31-20-11-17(6-7-18(19)20)32-24-27-22-21(33-24)3-2-8-25-22/h2-3,6-8,11-12,14-16H,4-5,9-10H2,1H3,(H,26,29)/t14?,15-,16+. The second-order valence-corrected chi connectivity index (χ2v) is 9.67. The Morgan fingerprint density at radius 1 is 1.21 bits per heavy atom. The summed E-state index contributed by atoms with van der Waals surface area (Å²) in [5, 5.41) is 4.29. The van der Waals surface area contributed by atoms with E-state index in [4.69, 9.17) is 9.15 Å². The lowest BCUT2D eigenvalue weighted by Crippen LogP contribution is -2.52. The van der Waals surface area contributed by atoms with Crippen molar-refractivity contribution in [3.05, 3.63) is 48.4 Å². The highest BCUT2D eigenvalue weighted by Crippen LogP contribution is 2.39. The zero-order valence-corrected chi connectivity index (χ0v) is 18.8. The van der Waals surface area contributed by atoms with Crippen LogP contribution >= 0.6 is 11.3 Å². The average molecular weight is 463 g/mol. The molecule has 0 spiro atoms. The molecule has 4 aromatic rings. The lowest BCUT2D eigenvalue weighted by atomic mass is 9.96. The molecule has 2 fully saturated rings. The molecular weight excluding hydrogens is 440 g/mol. The summed E-state index contributed by atoms with van der Waals surface area (Å²) in [7, 11) is 0. The van der Waals surface area contributed by atoms with Crippen LogP contribution in [0, 0.1) is 0 Å². The van der Waals surface area contributed by atoms with Crippen molar-refractivity contribution in [3.8, 4) is 10.9 Å². The third-order valence-electron chi connectivity index (χ3n) is 6.50. The number of aromatic nitrogens is 2. The zero-order chi connectivity index (χ0) is 22.5. The molecular formula is C24H22N4O4S.